The molecular formula is C15H18N2O2. The minimum Gasteiger partial charge on any atom is -0.494 e. The number of nitrogens with zero attached hydrogens (tertiary/aromatic N) is 1. The maximum absolute atomic E-state index is 12.1. The highest BCUT2D eigenvalue weighted by atomic mass is 16.5. The molecule has 4 heteroatoms. The number of benzene rings is 1. The van der Waals surface area contributed by atoms with E-state index in [0.29, 0.717) is 31.1 Å². The third-order valence-electron chi connectivity index (χ3n) is 3.47. The van der Waals surface area contributed by atoms with Gasteiger partial charge in [0, 0.05) is 5.69 Å². The number of nitrogens with one attached hydrogen (secondary N) is 1. The van der Waals surface area contributed by atoms with Crippen molar-refractivity contribution in [3.63, 3.8) is 0 Å². The first-order valence-electron chi connectivity index (χ1n) is 6.55. The lowest BCUT2D eigenvalue weighted by Crippen LogP contribution is -2.45. The number of rotatable bonds is 4. The van der Waals surface area contributed by atoms with Crippen LogP contribution >= 0.6 is 0 Å². The minimum atomic E-state index is -0.835. The van der Waals surface area contributed by atoms with E-state index in [0.717, 1.165) is 5.75 Å². The second-order valence-corrected chi connectivity index (χ2v) is 5.12. The van der Waals surface area contributed by atoms with E-state index in [-0.39, 0.29) is 5.91 Å². The number of carbonyl (C=O) groups excluding carboxylic acids is 1. The number of nitriles is 1. The topological polar surface area (TPSA) is 62.1 Å². The molecule has 0 radical (unpaired) electrons. The van der Waals surface area contributed by atoms with Crippen LogP contribution in [0.25, 0.3) is 0 Å². The highest BCUT2D eigenvalue weighted by Gasteiger charge is 2.48. The quantitative estimate of drug-likeness (QED) is 0.903. The summed E-state index contributed by atoms with van der Waals surface area (Å²) >= 11 is 0. The van der Waals surface area contributed by atoms with Crippen molar-refractivity contribution in [3.8, 4) is 11.8 Å². The van der Waals surface area contributed by atoms with Gasteiger partial charge in [-0.3, -0.25) is 4.79 Å². The molecule has 4 nitrogen and oxygen atoms in total. The van der Waals surface area contributed by atoms with Crippen LogP contribution in [0.2, 0.25) is 0 Å². The highest BCUT2D eigenvalue weighted by Crippen LogP contribution is 2.45. The Bertz CT molecular complexity index is 496. The zero-order valence-corrected chi connectivity index (χ0v) is 11.3. The van der Waals surface area contributed by atoms with E-state index in [9.17, 15) is 10.1 Å². The maximum Gasteiger partial charge on any atom is 0.244 e. The monoisotopic (exact) mass is 258 g/mol. The van der Waals surface area contributed by atoms with Crippen molar-refractivity contribution >= 4 is 11.6 Å². The molecule has 1 fully saturated rings. The molecule has 0 spiro atoms. The first kappa shape index (κ1) is 13.4. The molecule has 1 amide bonds. The van der Waals surface area contributed by atoms with E-state index < -0.39 is 5.41 Å². The van der Waals surface area contributed by atoms with Crippen LogP contribution in [0.4, 0.5) is 5.69 Å². The number of ether oxygens (including phenoxy) is 1. The number of hydrogen-bond donors (Lipinski definition) is 1. The largest absolute Gasteiger partial charge is 0.494 e. The van der Waals surface area contributed by atoms with Gasteiger partial charge in [-0.1, -0.05) is 6.92 Å². The molecule has 0 bridgehead atoms. The van der Waals surface area contributed by atoms with Gasteiger partial charge in [0.1, 0.15) is 11.2 Å². The number of anilines is 1. The molecule has 0 unspecified atom stereocenters. The molecule has 0 heterocycles. The average Bonchev–Trinajstić information content (AvgIpc) is 2.37. The van der Waals surface area contributed by atoms with E-state index in [1.807, 2.05) is 19.1 Å². The fraction of sp³-hybridized carbons (Fsp3) is 0.467. The SMILES string of the molecule is CCOc1ccc(NC(=O)C2(C#N)CC(C)C2)cc1. The molecular weight excluding hydrogens is 240 g/mol. The number of hydrogen-bond acceptors (Lipinski definition) is 3. The molecule has 1 aliphatic rings. The molecule has 100 valence electrons. The molecule has 19 heavy (non-hydrogen) atoms. The van der Waals surface area contributed by atoms with Crippen molar-refractivity contribution in [3.05, 3.63) is 24.3 Å². The van der Waals surface area contributed by atoms with Crippen LogP contribution in [-0.4, -0.2) is 12.5 Å². The maximum atomic E-state index is 12.1. The third kappa shape index (κ3) is 2.70. The summed E-state index contributed by atoms with van der Waals surface area (Å²) in [5.74, 6) is 1.02. The first-order chi connectivity index (χ1) is 9.09. The molecule has 1 N–H and O–H groups in total. The highest BCUT2D eigenvalue weighted by molar-refractivity contribution is 5.97. The van der Waals surface area contributed by atoms with Crippen LogP contribution < -0.4 is 10.1 Å². The van der Waals surface area contributed by atoms with Crippen molar-refractivity contribution < 1.29 is 9.53 Å². The summed E-state index contributed by atoms with van der Waals surface area (Å²) < 4.78 is 5.34. The third-order valence-corrected chi connectivity index (χ3v) is 3.47. The van der Waals surface area contributed by atoms with Gasteiger partial charge in [0.15, 0.2) is 0 Å². The summed E-state index contributed by atoms with van der Waals surface area (Å²) in [5.41, 5.74) is -0.138. The standard InChI is InChI=1S/C15H18N2O2/c1-3-19-13-6-4-12(5-7-13)17-14(18)15(10-16)8-11(2)9-15/h4-7,11H,3,8-9H2,1-2H3,(H,17,18). The predicted octanol–water partition coefficient (Wildman–Crippen LogP) is 2.96. The van der Waals surface area contributed by atoms with Crippen LogP contribution in [0, 0.1) is 22.7 Å². The van der Waals surface area contributed by atoms with Gasteiger partial charge in [0.2, 0.25) is 5.91 Å². The van der Waals surface area contributed by atoms with Gasteiger partial charge in [-0.15, -0.1) is 0 Å². The molecule has 0 atom stereocenters. The lowest BCUT2D eigenvalue weighted by atomic mass is 9.63. The Morgan fingerprint density at radius 2 is 2.11 bits per heavy atom. The molecule has 1 aromatic rings. The molecule has 0 aromatic heterocycles. The van der Waals surface area contributed by atoms with Crippen molar-refractivity contribution in [2.45, 2.75) is 26.7 Å². The van der Waals surface area contributed by atoms with E-state index in [1.54, 1.807) is 12.1 Å². The van der Waals surface area contributed by atoms with Crippen molar-refractivity contribution in [2.24, 2.45) is 11.3 Å². The second-order valence-electron chi connectivity index (χ2n) is 5.12. The molecule has 2 rings (SSSR count). The molecule has 1 saturated carbocycles. The van der Waals surface area contributed by atoms with Crippen molar-refractivity contribution in [1.82, 2.24) is 0 Å². The smallest absolute Gasteiger partial charge is 0.244 e. The van der Waals surface area contributed by atoms with E-state index in [1.165, 1.54) is 0 Å². The normalized spacial score (nSPS) is 25.0. The molecule has 0 aliphatic heterocycles. The Morgan fingerprint density at radius 1 is 1.47 bits per heavy atom. The van der Waals surface area contributed by atoms with Gasteiger partial charge >= 0.3 is 0 Å². The van der Waals surface area contributed by atoms with E-state index >= 15 is 0 Å². The minimum absolute atomic E-state index is 0.197. The number of carbonyl (C=O) groups is 1. The van der Waals surface area contributed by atoms with Gasteiger partial charge < -0.3 is 10.1 Å². The van der Waals surface area contributed by atoms with Gasteiger partial charge in [-0.05, 0) is 49.9 Å². The Kier molecular flexibility index (Phi) is 3.75. The second kappa shape index (κ2) is 5.31. The summed E-state index contributed by atoms with van der Waals surface area (Å²) in [6.07, 6.45) is 1.29. The van der Waals surface area contributed by atoms with Crippen molar-refractivity contribution in [1.29, 1.82) is 5.26 Å². The van der Waals surface area contributed by atoms with Gasteiger partial charge in [0.05, 0.1) is 12.7 Å². The van der Waals surface area contributed by atoms with Crippen molar-refractivity contribution in [2.75, 3.05) is 11.9 Å². The summed E-state index contributed by atoms with van der Waals surface area (Å²) in [7, 11) is 0. The first-order valence-corrected chi connectivity index (χ1v) is 6.55. The summed E-state index contributed by atoms with van der Waals surface area (Å²) in [6, 6.07) is 9.35. The average molecular weight is 258 g/mol. The van der Waals surface area contributed by atoms with Gasteiger partial charge in [-0.25, -0.2) is 0 Å². The van der Waals surface area contributed by atoms with Crippen LogP contribution in [0.15, 0.2) is 24.3 Å². The van der Waals surface area contributed by atoms with E-state index in [4.69, 9.17) is 4.74 Å². The van der Waals surface area contributed by atoms with Gasteiger partial charge in [-0.2, -0.15) is 5.26 Å². The van der Waals surface area contributed by atoms with Crippen LogP contribution in [0.3, 0.4) is 0 Å². The zero-order chi connectivity index (χ0) is 13.9. The molecule has 1 aromatic carbocycles. The van der Waals surface area contributed by atoms with Gasteiger partial charge in [0.25, 0.3) is 0 Å². The summed E-state index contributed by atoms with van der Waals surface area (Å²) in [5, 5.41) is 12.0. The molecule has 0 saturated heterocycles. The Morgan fingerprint density at radius 3 is 2.58 bits per heavy atom. The Labute approximate surface area is 113 Å². The van der Waals surface area contributed by atoms with Crippen LogP contribution in [0.1, 0.15) is 26.7 Å². The van der Waals surface area contributed by atoms with E-state index in [2.05, 4.69) is 18.3 Å². The fourth-order valence-electron chi connectivity index (χ4n) is 2.51. The predicted molar refractivity (Wildman–Crippen MR) is 72.7 cm³/mol. The number of amides is 1. The summed E-state index contributed by atoms with van der Waals surface area (Å²) in [6.45, 7) is 4.59. The van der Waals surface area contributed by atoms with Crippen LogP contribution in [-0.2, 0) is 4.79 Å². The summed E-state index contributed by atoms with van der Waals surface area (Å²) in [4.78, 5) is 12.1. The lowest BCUT2D eigenvalue weighted by Gasteiger charge is -2.39. The lowest BCUT2D eigenvalue weighted by molar-refractivity contribution is -0.128. The molecule has 1 aliphatic carbocycles. The zero-order valence-electron chi connectivity index (χ0n) is 11.3. The van der Waals surface area contributed by atoms with Crippen LogP contribution in [0.5, 0.6) is 5.75 Å². The Hall–Kier alpha value is -2.02. The Balaban J connectivity index is 2.01. The fourth-order valence-corrected chi connectivity index (χ4v) is 2.51.